The first kappa shape index (κ1) is 16.3. The predicted molar refractivity (Wildman–Crippen MR) is 79.6 cm³/mol. The number of carboxylic acids is 1. The molecule has 110 valence electrons. The van der Waals surface area contributed by atoms with Gasteiger partial charge in [0, 0.05) is 18.1 Å². The van der Waals surface area contributed by atoms with Crippen LogP contribution >= 0.6 is 11.6 Å². The Morgan fingerprint density at radius 3 is 2.45 bits per heavy atom. The normalized spacial score (nSPS) is 10.4. The van der Waals surface area contributed by atoms with Gasteiger partial charge in [-0.1, -0.05) is 25.4 Å². The first-order valence-electron chi connectivity index (χ1n) is 6.47. The van der Waals surface area contributed by atoms with Crippen molar-refractivity contribution in [2.24, 2.45) is 0 Å². The lowest BCUT2D eigenvalue weighted by Gasteiger charge is -2.26. The van der Waals surface area contributed by atoms with E-state index in [0.29, 0.717) is 5.02 Å². The van der Waals surface area contributed by atoms with E-state index < -0.39 is 5.97 Å². The molecule has 6 heteroatoms. The lowest BCUT2D eigenvalue weighted by Crippen LogP contribution is -2.39. The molecule has 1 aromatic rings. The molecule has 0 radical (unpaired) electrons. The van der Waals surface area contributed by atoms with E-state index in [9.17, 15) is 9.59 Å². The molecule has 2 N–H and O–H groups in total. The van der Waals surface area contributed by atoms with Gasteiger partial charge >= 0.3 is 12.0 Å². The summed E-state index contributed by atoms with van der Waals surface area (Å²) in [7, 11) is 1.69. The van der Waals surface area contributed by atoms with E-state index in [1.807, 2.05) is 13.8 Å². The Morgan fingerprint density at radius 1 is 1.35 bits per heavy atom. The molecule has 0 saturated heterocycles. The maximum atomic E-state index is 12.1. The molecule has 0 aliphatic heterocycles. The van der Waals surface area contributed by atoms with Crippen molar-refractivity contribution in [1.29, 1.82) is 0 Å². The number of carbonyl (C=O) groups excluding carboxylic acids is 1. The first-order chi connectivity index (χ1) is 9.40. The number of carbonyl (C=O) groups is 2. The van der Waals surface area contributed by atoms with Crippen molar-refractivity contribution < 1.29 is 14.7 Å². The van der Waals surface area contributed by atoms with Crippen molar-refractivity contribution >= 4 is 29.3 Å². The minimum Gasteiger partial charge on any atom is -0.478 e. The minimum absolute atomic E-state index is 0.0145. The van der Waals surface area contributed by atoms with Gasteiger partial charge in [0.1, 0.15) is 0 Å². The van der Waals surface area contributed by atoms with Crippen molar-refractivity contribution in [2.75, 3.05) is 12.4 Å². The summed E-state index contributed by atoms with van der Waals surface area (Å²) >= 11 is 5.84. The largest absolute Gasteiger partial charge is 0.478 e. The monoisotopic (exact) mass is 298 g/mol. The molecule has 0 aliphatic rings. The van der Waals surface area contributed by atoms with E-state index >= 15 is 0 Å². The Bertz CT molecular complexity index is 501. The molecule has 1 aromatic carbocycles. The molecule has 0 saturated carbocycles. The molecular weight excluding hydrogens is 280 g/mol. The second kappa shape index (κ2) is 7.14. The molecule has 1 rings (SSSR count). The second-order valence-corrected chi connectivity index (χ2v) is 4.94. The van der Waals surface area contributed by atoms with Crippen molar-refractivity contribution in [3.8, 4) is 0 Å². The molecule has 0 aromatic heterocycles. The number of carboxylic acid groups (broad SMARTS) is 1. The van der Waals surface area contributed by atoms with Crippen LogP contribution in [0, 0.1) is 0 Å². The summed E-state index contributed by atoms with van der Waals surface area (Å²) in [6.07, 6.45) is 1.67. The fraction of sp³-hybridized carbons (Fsp3) is 0.429. The van der Waals surface area contributed by atoms with Crippen LogP contribution < -0.4 is 5.32 Å². The molecular formula is C14H19ClN2O3. The Kier molecular flexibility index (Phi) is 5.82. The topological polar surface area (TPSA) is 69.6 Å². The summed E-state index contributed by atoms with van der Waals surface area (Å²) in [5.41, 5.74) is 0.216. The number of hydrogen-bond acceptors (Lipinski definition) is 2. The number of aromatic carboxylic acids is 1. The second-order valence-electron chi connectivity index (χ2n) is 4.51. The molecule has 0 heterocycles. The SMILES string of the molecule is CCC(CC)N(C)C(=O)Nc1cc(Cl)ccc1C(=O)O. The summed E-state index contributed by atoms with van der Waals surface area (Å²) in [4.78, 5) is 24.8. The average molecular weight is 299 g/mol. The van der Waals surface area contributed by atoms with Crippen LogP contribution in [0.25, 0.3) is 0 Å². The summed E-state index contributed by atoms with van der Waals surface area (Å²) in [6.45, 7) is 4.00. The van der Waals surface area contributed by atoms with Crippen LogP contribution in [-0.2, 0) is 0 Å². The summed E-state index contributed by atoms with van der Waals surface area (Å²) in [5, 5.41) is 12.1. The number of amides is 2. The van der Waals surface area contributed by atoms with E-state index in [2.05, 4.69) is 5.32 Å². The third-order valence-electron chi connectivity index (χ3n) is 3.26. The van der Waals surface area contributed by atoms with Crippen LogP contribution in [0.5, 0.6) is 0 Å². The predicted octanol–water partition coefficient (Wildman–Crippen LogP) is 3.69. The van der Waals surface area contributed by atoms with Crippen LogP contribution in [0.3, 0.4) is 0 Å². The van der Waals surface area contributed by atoms with Crippen LogP contribution in [0.4, 0.5) is 10.5 Å². The number of rotatable bonds is 5. The van der Waals surface area contributed by atoms with Gasteiger partial charge in [0.25, 0.3) is 0 Å². The number of benzene rings is 1. The fourth-order valence-corrected chi connectivity index (χ4v) is 2.18. The highest BCUT2D eigenvalue weighted by Gasteiger charge is 2.19. The first-order valence-corrected chi connectivity index (χ1v) is 6.85. The third-order valence-corrected chi connectivity index (χ3v) is 3.50. The Morgan fingerprint density at radius 2 is 1.95 bits per heavy atom. The standard InChI is InChI=1S/C14H19ClN2O3/c1-4-10(5-2)17(3)14(20)16-12-8-9(15)6-7-11(12)13(18)19/h6-8,10H,4-5H2,1-3H3,(H,16,20)(H,18,19). The van der Waals surface area contributed by atoms with Gasteiger partial charge in [-0.05, 0) is 31.0 Å². The van der Waals surface area contributed by atoms with Crippen LogP contribution in [0.15, 0.2) is 18.2 Å². The Balaban J connectivity index is 2.95. The lowest BCUT2D eigenvalue weighted by molar-refractivity contribution is 0.0698. The molecule has 2 amide bonds. The average Bonchev–Trinajstić information content (AvgIpc) is 2.39. The number of halogens is 1. The van der Waals surface area contributed by atoms with Gasteiger partial charge in [-0.2, -0.15) is 0 Å². The van der Waals surface area contributed by atoms with Gasteiger partial charge in [-0.3, -0.25) is 0 Å². The van der Waals surface area contributed by atoms with Gasteiger partial charge in [0.2, 0.25) is 0 Å². The molecule has 0 fully saturated rings. The van der Waals surface area contributed by atoms with Gasteiger partial charge in [-0.25, -0.2) is 9.59 Å². The molecule has 0 aliphatic carbocycles. The van der Waals surface area contributed by atoms with Gasteiger partial charge < -0.3 is 15.3 Å². The quantitative estimate of drug-likeness (QED) is 0.871. The summed E-state index contributed by atoms with van der Waals surface area (Å²) < 4.78 is 0. The van der Waals surface area contributed by atoms with Crippen LogP contribution in [0.1, 0.15) is 37.0 Å². The number of hydrogen-bond donors (Lipinski definition) is 2. The van der Waals surface area contributed by atoms with E-state index in [-0.39, 0.29) is 23.3 Å². The number of nitrogens with one attached hydrogen (secondary N) is 1. The molecule has 5 nitrogen and oxygen atoms in total. The molecule has 20 heavy (non-hydrogen) atoms. The zero-order valence-electron chi connectivity index (χ0n) is 11.8. The smallest absolute Gasteiger partial charge is 0.337 e. The van der Waals surface area contributed by atoms with Crippen LogP contribution in [-0.4, -0.2) is 35.1 Å². The van der Waals surface area contributed by atoms with Gasteiger partial charge in [0.15, 0.2) is 0 Å². The van der Waals surface area contributed by atoms with Crippen LogP contribution in [0.2, 0.25) is 5.02 Å². The molecule has 0 unspecified atom stereocenters. The number of anilines is 1. The minimum atomic E-state index is -1.11. The van der Waals surface area contributed by atoms with Gasteiger partial charge in [-0.15, -0.1) is 0 Å². The fourth-order valence-electron chi connectivity index (χ4n) is 2.01. The highest BCUT2D eigenvalue weighted by atomic mass is 35.5. The number of urea groups is 1. The zero-order valence-corrected chi connectivity index (χ0v) is 12.6. The number of nitrogens with zero attached hydrogens (tertiary/aromatic N) is 1. The molecule has 0 atom stereocenters. The maximum absolute atomic E-state index is 12.1. The lowest BCUT2D eigenvalue weighted by atomic mass is 10.1. The zero-order chi connectivity index (χ0) is 15.3. The highest BCUT2D eigenvalue weighted by Crippen LogP contribution is 2.22. The van der Waals surface area contributed by atoms with Crippen molar-refractivity contribution in [3.63, 3.8) is 0 Å². The molecule has 0 spiro atoms. The molecule has 0 bridgehead atoms. The Labute approximate surface area is 123 Å². The maximum Gasteiger partial charge on any atom is 0.337 e. The highest BCUT2D eigenvalue weighted by molar-refractivity contribution is 6.31. The Hall–Kier alpha value is -1.75. The van der Waals surface area contributed by atoms with Gasteiger partial charge in [0.05, 0.1) is 11.3 Å². The third kappa shape index (κ3) is 3.87. The summed E-state index contributed by atoms with van der Waals surface area (Å²) in [5.74, 6) is -1.11. The van der Waals surface area contributed by atoms with Crippen molar-refractivity contribution in [1.82, 2.24) is 4.90 Å². The summed E-state index contributed by atoms with van der Waals surface area (Å²) in [6, 6.07) is 4.05. The van der Waals surface area contributed by atoms with E-state index in [4.69, 9.17) is 16.7 Å². The van der Waals surface area contributed by atoms with Crippen molar-refractivity contribution in [2.45, 2.75) is 32.7 Å². The van der Waals surface area contributed by atoms with Crippen molar-refractivity contribution in [3.05, 3.63) is 28.8 Å². The van der Waals surface area contributed by atoms with E-state index in [1.165, 1.54) is 18.2 Å². The van der Waals surface area contributed by atoms with E-state index in [0.717, 1.165) is 12.8 Å². The van der Waals surface area contributed by atoms with E-state index in [1.54, 1.807) is 11.9 Å².